The fourth-order valence-electron chi connectivity index (χ4n) is 1.71. The average Bonchev–Trinajstić information content (AvgIpc) is 2.46. The highest BCUT2D eigenvalue weighted by molar-refractivity contribution is 9.09. The van der Waals surface area contributed by atoms with Gasteiger partial charge in [0.25, 0.3) is 0 Å². The summed E-state index contributed by atoms with van der Waals surface area (Å²) in [4.78, 5) is 15.7. The fourth-order valence-corrected chi connectivity index (χ4v) is 2.14. The Bertz CT molecular complexity index is 614. The summed E-state index contributed by atoms with van der Waals surface area (Å²) in [5.74, 6) is 0.798. The predicted octanol–water partition coefficient (Wildman–Crippen LogP) is 4.20. The summed E-state index contributed by atoms with van der Waals surface area (Å²) in [5.41, 5.74) is 2.40. The number of benzene rings is 1. The van der Waals surface area contributed by atoms with Gasteiger partial charge in [0.05, 0.1) is 16.0 Å². The first-order chi connectivity index (χ1) is 9.60. The van der Waals surface area contributed by atoms with Crippen molar-refractivity contribution >= 4 is 33.3 Å². The molecule has 0 aliphatic carbocycles. The van der Waals surface area contributed by atoms with Gasteiger partial charge in [0.2, 0.25) is 0 Å². The Morgan fingerprint density at radius 1 is 1.35 bits per heavy atom. The van der Waals surface area contributed by atoms with Crippen molar-refractivity contribution in [2.75, 3.05) is 5.33 Å². The maximum Gasteiger partial charge on any atom is 0.173 e. The largest absolute Gasteiger partial charge is 0.487 e. The lowest BCUT2D eigenvalue weighted by molar-refractivity contribution is 0.102. The lowest BCUT2D eigenvalue weighted by Crippen LogP contribution is -2.03. The monoisotopic (exact) mass is 353 g/mol. The standard InChI is InChI=1S/C15H13BrClNO2/c1-10-6-11(14(19)7-16)2-5-15(10)20-9-13-4-3-12(17)8-18-13/h2-6,8H,7,9H2,1H3. The third-order valence-corrected chi connectivity index (χ3v) is 3.52. The zero-order chi connectivity index (χ0) is 14.5. The van der Waals surface area contributed by atoms with Crippen LogP contribution in [0.5, 0.6) is 5.75 Å². The second-order valence-corrected chi connectivity index (χ2v) is 5.29. The molecule has 0 aliphatic rings. The summed E-state index contributed by atoms with van der Waals surface area (Å²) >= 11 is 8.94. The van der Waals surface area contributed by atoms with Gasteiger partial charge in [-0.3, -0.25) is 9.78 Å². The first kappa shape index (κ1) is 15.0. The third kappa shape index (κ3) is 3.81. The first-order valence-electron chi connectivity index (χ1n) is 6.03. The number of aromatic nitrogens is 1. The number of nitrogens with zero attached hydrogens (tertiary/aromatic N) is 1. The van der Waals surface area contributed by atoms with E-state index in [2.05, 4.69) is 20.9 Å². The Morgan fingerprint density at radius 2 is 2.15 bits per heavy atom. The van der Waals surface area contributed by atoms with Crippen LogP contribution in [0, 0.1) is 6.92 Å². The molecule has 2 aromatic rings. The number of hydrogen-bond donors (Lipinski definition) is 0. The number of rotatable bonds is 5. The van der Waals surface area contributed by atoms with Crippen molar-refractivity contribution in [2.24, 2.45) is 0 Å². The van der Waals surface area contributed by atoms with Crippen molar-refractivity contribution in [1.29, 1.82) is 0 Å². The molecule has 0 unspecified atom stereocenters. The van der Waals surface area contributed by atoms with Gasteiger partial charge in [-0.15, -0.1) is 0 Å². The lowest BCUT2D eigenvalue weighted by Gasteiger charge is -2.10. The first-order valence-corrected chi connectivity index (χ1v) is 7.53. The van der Waals surface area contributed by atoms with Crippen LogP contribution >= 0.6 is 27.5 Å². The zero-order valence-electron chi connectivity index (χ0n) is 10.9. The number of carbonyl (C=O) groups is 1. The van der Waals surface area contributed by atoms with E-state index in [1.54, 1.807) is 24.4 Å². The van der Waals surface area contributed by atoms with Crippen LogP contribution in [0.4, 0.5) is 0 Å². The van der Waals surface area contributed by atoms with Crippen molar-refractivity contribution in [2.45, 2.75) is 13.5 Å². The van der Waals surface area contributed by atoms with Crippen LogP contribution in [0.1, 0.15) is 21.6 Å². The topological polar surface area (TPSA) is 39.2 Å². The molecule has 0 atom stereocenters. The van der Waals surface area contributed by atoms with Gasteiger partial charge in [0.1, 0.15) is 12.4 Å². The highest BCUT2D eigenvalue weighted by atomic mass is 79.9. The van der Waals surface area contributed by atoms with Gasteiger partial charge in [-0.2, -0.15) is 0 Å². The molecule has 0 aliphatic heterocycles. The van der Waals surface area contributed by atoms with Crippen LogP contribution in [0.2, 0.25) is 5.02 Å². The summed E-state index contributed by atoms with van der Waals surface area (Å²) in [5, 5.41) is 0.920. The maximum atomic E-state index is 11.6. The zero-order valence-corrected chi connectivity index (χ0v) is 13.2. The van der Waals surface area contributed by atoms with E-state index in [0.717, 1.165) is 17.0 Å². The van der Waals surface area contributed by atoms with Crippen molar-refractivity contribution < 1.29 is 9.53 Å². The van der Waals surface area contributed by atoms with Gasteiger partial charge in [0.15, 0.2) is 5.78 Å². The Morgan fingerprint density at radius 3 is 2.75 bits per heavy atom. The van der Waals surface area contributed by atoms with Crippen LogP contribution in [-0.4, -0.2) is 16.1 Å². The number of hydrogen-bond acceptors (Lipinski definition) is 3. The van der Waals surface area contributed by atoms with E-state index >= 15 is 0 Å². The molecule has 0 amide bonds. The van der Waals surface area contributed by atoms with E-state index in [0.29, 0.717) is 22.5 Å². The number of pyridine rings is 1. The molecule has 0 saturated carbocycles. The smallest absolute Gasteiger partial charge is 0.173 e. The van der Waals surface area contributed by atoms with Gasteiger partial charge in [0, 0.05) is 11.8 Å². The van der Waals surface area contributed by atoms with Gasteiger partial charge < -0.3 is 4.74 Å². The van der Waals surface area contributed by atoms with Gasteiger partial charge in [-0.25, -0.2) is 0 Å². The molecule has 1 aromatic carbocycles. The number of ketones is 1. The fraction of sp³-hybridized carbons (Fsp3) is 0.200. The Kier molecular flexibility index (Phi) is 5.15. The SMILES string of the molecule is Cc1cc(C(=O)CBr)ccc1OCc1ccc(Cl)cn1. The highest BCUT2D eigenvalue weighted by Crippen LogP contribution is 2.21. The molecule has 0 saturated heterocycles. The number of ether oxygens (including phenoxy) is 1. The van der Waals surface area contributed by atoms with E-state index in [1.807, 2.05) is 19.1 Å². The quantitative estimate of drug-likeness (QED) is 0.597. The molecule has 0 radical (unpaired) electrons. The normalized spacial score (nSPS) is 10.3. The minimum Gasteiger partial charge on any atom is -0.487 e. The lowest BCUT2D eigenvalue weighted by atomic mass is 10.1. The second kappa shape index (κ2) is 6.86. The van der Waals surface area contributed by atoms with Crippen LogP contribution in [-0.2, 0) is 6.61 Å². The summed E-state index contributed by atoms with van der Waals surface area (Å²) in [7, 11) is 0. The number of alkyl halides is 1. The van der Waals surface area contributed by atoms with E-state index in [4.69, 9.17) is 16.3 Å². The van der Waals surface area contributed by atoms with E-state index in [9.17, 15) is 4.79 Å². The van der Waals surface area contributed by atoms with Crippen LogP contribution < -0.4 is 4.74 Å². The summed E-state index contributed by atoms with van der Waals surface area (Å²) in [6, 6.07) is 8.99. The average molecular weight is 355 g/mol. The van der Waals surface area contributed by atoms with Gasteiger partial charge in [-0.1, -0.05) is 27.5 Å². The van der Waals surface area contributed by atoms with Crippen molar-refractivity contribution in [3.8, 4) is 5.75 Å². The minimum absolute atomic E-state index is 0.0546. The second-order valence-electron chi connectivity index (χ2n) is 4.29. The molecule has 20 heavy (non-hydrogen) atoms. The number of Topliss-reactive ketones (excluding diaryl/α,β-unsaturated/α-hetero) is 1. The molecule has 104 valence electrons. The van der Waals surface area contributed by atoms with Crippen LogP contribution in [0.25, 0.3) is 0 Å². The predicted molar refractivity (Wildman–Crippen MR) is 82.9 cm³/mol. The van der Waals surface area contributed by atoms with E-state index in [1.165, 1.54) is 0 Å². The van der Waals surface area contributed by atoms with Crippen LogP contribution in [0.15, 0.2) is 36.5 Å². The molecule has 0 spiro atoms. The number of aryl methyl sites for hydroxylation is 1. The Labute approximate surface area is 131 Å². The molecule has 1 heterocycles. The molecular weight excluding hydrogens is 342 g/mol. The molecule has 0 bridgehead atoms. The third-order valence-electron chi connectivity index (χ3n) is 2.78. The summed E-state index contributed by atoms with van der Waals surface area (Å²) in [6.45, 7) is 2.28. The summed E-state index contributed by atoms with van der Waals surface area (Å²) < 4.78 is 5.70. The number of halogens is 2. The molecule has 1 aromatic heterocycles. The maximum absolute atomic E-state index is 11.6. The highest BCUT2D eigenvalue weighted by Gasteiger charge is 2.07. The number of carbonyl (C=O) groups excluding carboxylic acids is 1. The van der Waals surface area contributed by atoms with E-state index in [-0.39, 0.29) is 5.78 Å². The molecule has 0 N–H and O–H groups in total. The van der Waals surface area contributed by atoms with E-state index < -0.39 is 0 Å². The van der Waals surface area contributed by atoms with Crippen molar-refractivity contribution in [1.82, 2.24) is 4.98 Å². The van der Waals surface area contributed by atoms with Gasteiger partial charge >= 0.3 is 0 Å². The molecule has 3 nitrogen and oxygen atoms in total. The minimum atomic E-state index is 0.0546. The molecular formula is C15H13BrClNO2. The molecule has 5 heteroatoms. The molecule has 0 fully saturated rings. The Hall–Kier alpha value is -1.39. The van der Waals surface area contributed by atoms with Crippen molar-refractivity contribution in [3.63, 3.8) is 0 Å². The van der Waals surface area contributed by atoms with Crippen molar-refractivity contribution in [3.05, 3.63) is 58.4 Å². The molecule has 2 rings (SSSR count). The Balaban J connectivity index is 2.06. The summed E-state index contributed by atoms with van der Waals surface area (Å²) in [6.07, 6.45) is 1.59. The van der Waals surface area contributed by atoms with Gasteiger partial charge in [-0.05, 0) is 42.8 Å². The van der Waals surface area contributed by atoms with Crippen LogP contribution in [0.3, 0.4) is 0 Å².